The maximum Gasteiger partial charge on any atom is 0.115 e. The van der Waals surface area contributed by atoms with Crippen molar-refractivity contribution in [1.82, 2.24) is 9.55 Å². The van der Waals surface area contributed by atoms with Gasteiger partial charge < -0.3 is 9.67 Å². The standard InChI is InChI=1S/C6H6O.C4H6N2/c7-6-4-2-1-3-5-6;1-6-3-2-5-4-6/h1-5,7H;2-4H,1H3. The Hall–Kier alpha value is -1.77. The summed E-state index contributed by atoms with van der Waals surface area (Å²) in [7, 11) is 1.94. The summed E-state index contributed by atoms with van der Waals surface area (Å²) < 4.78 is 1.89. The van der Waals surface area contributed by atoms with E-state index in [0.29, 0.717) is 5.75 Å². The monoisotopic (exact) mass is 176 g/mol. The summed E-state index contributed by atoms with van der Waals surface area (Å²) in [6, 6.07) is 8.71. The van der Waals surface area contributed by atoms with Crippen molar-refractivity contribution in [2.24, 2.45) is 7.05 Å². The Morgan fingerprint density at radius 3 is 2.15 bits per heavy atom. The summed E-state index contributed by atoms with van der Waals surface area (Å²) in [5.74, 6) is 0.322. The zero-order chi connectivity index (χ0) is 9.52. The summed E-state index contributed by atoms with van der Waals surface area (Å²) in [5.41, 5.74) is 0. The molecule has 0 saturated heterocycles. The molecular formula is C10H12N2O. The van der Waals surface area contributed by atoms with Gasteiger partial charge in [0.2, 0.25) is 0 Å². The van der Waals surface area contributed by atoms with E-state index in [-0.39, 0.29) is 0 Å². The van der Waals surface area contributed by atoms with Crippen molar-refractivity contribution in [2.45, 2.75) is 0 Å². The lowest BCUT2D eigenvalue weighted by molar-refractivity contribution is 0.475. The van der Waals surface area contributed by atoms with Gasteiger partial charge in [-0.15, -0.1) is 0 Å². The number of nitrogens with zero attached hydrogens (tertiary/aromatic N) is 2. The van der Waals surface area contributed by atoms with Crippen LogP contribution in [-0.2, 0) is 7.05 Å². The number of rotatable bonds is 0. The number of phenols is 1. The maximum atomic E-state index is 8.63. The molecule has 0 spiro atoms. The second kappa shape index (κ2) is 4.98. The van der Waals surface area contributed by atoms with Gasteiger partial charge in [-0.2, -0.15) is 0 Å². The highest BCUT2D eigenvalue weighted by Gasteiger charge is 1.74. The van der Waals surface area contributed by atoms with Crippen LogP contribution < -0.4 is 0 Å². The highest BCUT2D eigenvalue weighted by molar-refractivity contribution is 5.18. The minimum Gasteiger partial charge on any atom is -0.508 e. The molecule has 0 fully saturated rings. The first-order valence-electron chi connectivity index (χ1n) is 3.95. The van der Waals surface area contributed by atoms with Crippen LogP contribution in [0, 0.1) is 0 Å². The molecule has 13 heavy (non-hydrogen) atoms. The Balaban J connectivity index is 0.000000132. The van der Waals surface area contributed by atoms with E-state index in [1.807, 2.05) is 23.9 Å². The molecule has 1 aromatic carbocycles. The fourth-order valence-corrected chi connectivity index (χ4v) is 0.754. The predicted octanol–water partition coefficient (Wildman–Crippen LogP) is 1.81. The number of aryl methyl sites for hydroxylation is 1. The van der Waals surface area contributed by atoms with E-state index >= 15 is 0 Å². The minimum atomic E-state index is 0.322. The van der Waals surface area contributed by atoms with Crippen molar-refractivity contribution in [3.63, 3.8) is 0 Å². The van der Waals surface area contributed by atoms with Gasteiger partial charge in [-0.25, -0.2) is 4.98 Å². The number of hydrogen-bond donors (Lipinski definition) is 1. The van der Waals surface area contributed by atoms with Crippen LogP contribution in [0.1, 0.15) is 0 Å². The molecule has 0 unspecified atom stereocenters. The molecule has 68 valence electrons. The number of aromatic hydroxyl groups is 1. The van der Waals surface area contributed by atoms with Crippen LogP contribution in [0.2, 0.25) is 0 Å². The number of hydrogen-bond acceptors (Lipinski definition) is 2. The van der Waals surface area contributed by atoms with Crippen LogP contribution >= 0.6 is 0 Å². The Morgan fingerprint density at radius 2 is 1.92 bits per heavy atom. The second-order valence-corrected chi connectivity index (χ2v) is 2.56. The zero-order valence-corrected chi connectivity index (χ0v) is 7.46. The molecule has 0 amide bonds. The largest absolute Gasteiger partial charge is 0.508 e. The predicted molar refractivity (Wildman–Crippen MR) is 51.3 cm³/mol. The van der Waals surface area contributed by atoms with Crippen molar-refractivity contribution >= 4 is 0 Å². The molecule has 1 N–H and O–H groups in total. The van der Waals surface area contributed by atoms with Crippen molar-refractivity contribution in [2.75, 3.05) is 0 Å². The third-order valence-corrected chi connectivity index (χ3v) is 1.39. The van der Waals surface area contributed by atoms with Crippen LogP contribution in [0.3, 0.4) is 0 Å². The van der Waals surface area contributed by atoms with E-state index in [2.05, 4.69) is 4.98 Å². The topological polar surface area (TPSA) is 38.0 Å². The van der Waals surface area contributed by atoms with Gasteiger partial charge in [0.15, 0.2) is 0 Å². The van der Waals surface area contributed by atoms with Crippen molar-refractivity contribution in [3.05, 3.63) is 49.1 Å². The molecular weight excluding hydrogens is 164 g/mol. The first kappa shape index (κ1) is 9.32. The van der Waals surface area contributed by atoms with Gasteiger partial charge in [0.05, 0.1) is 6.33 Å². The number of para-hydroxylation sites is 1. The summed E-state index contributed by atoms with van der Waals surface area (Å²) >= 11 is 0. The smallest absolute Gasteiger partial charge is 0.115 e. The Kier molecular flexibility index (Phi) is 3.57. The van der Waals surface area contributed by atoms with Gasteiger partial charge in [-0.3, -0.25) is 0 Å². The molecule has 0 atom stereocenters. The minimum absolute atomic E-state index is 0.322. The van der Waals surface area contributed by atoms with Crippen LogP contribution in [0.4, 0.5) is 0 Å². The third kappa shape index (κ3) is 3.96. The van der Waals surface area contributed by atoms with Crippen LogP contribution in [0.25, 0.3) is 0 Å². The van der Waals surface area contributed by atoms with Gasteiger partial charge in [-0.1, -0.05) is 18.2 Å². The Morgan fingerprint density at radius 1 is 1.23 bits per heavy atom. The van der Waals surface area contributed by atoms with E-state index in [1.54, 1.807) is 36.8 Å². The molecule has 2 rings (SSSR count). The highest BCUT2D eigenvalue weighted by atomic mass is 16.3. The van der Waals surface area contributed by atoms with Crippen LogP contribution in [-0.4, -0.2) is 14.7 Å². The molecule has 1 heterocycles. The summed E-state index contributed by atoms with van der Waals surface area (Å²) in [4.78, 5) is 3.78. The molecule has 0 aliphatic rings. The van der Waals surface area contributed by atoms with E-state index in [1.165, 1.54) is 0 Å². The molecule has 1 aromatic heterocycles. The SMILES string of the molecule is Cn1ccnc1.Oc1ccccc1. The van der Waals surface area contributed by atoms with Gasteiger partial charge in [0.25, 0.3) is 0 Å². The molecule has 3 nitrogen and oxygen atoms in total. The van der Waals surface area contributed by atoms with Crippen molar-refractivity contribution in [3.8, 4) is 5.75 Å². The maximum absolute atomic E-state index is 8.63. The van der Waals surface area contributed by atoms with Gasteiger partial charge in [-0.05, 0) is 12.1 Å². The molecule has 0 saturated carbocycles. The first-order valence-corrected chi connectivity index (χ1v) is 3.95. The number of aromatic nitrogens is 2. The molecule has 0 aliphatic heterocycles. The lowest BCUT2D eigenvalue weighted by Crippen LogP contribution is -1.76. The number of phenolic OH excluding ortho intramolecular Hbond substituents is 1. The van der Waals surface area contributed by atoms with E-state index in [0.717, 1.165) is 0 Å². The molecule has 0 radical (unpaired) electrons. The summed E-state index contributed by atoms with van der Waals surface area (Å²) in [6.07, 6.45) is 5.39. The van der Waals surface area contributed by atoms with E-state index in [4.69, 9.17) is 5.11 Å². The molecule has 0 bridgehead atoms. The van der Waals surface area contributed by atoms with Gasteiger partial charge in [0, 0.05) is 19.4 Å². The fraction of sp³-hybridized carbons (Fsp3) is 0.100. The average Bonchev–Trinajstić information content (AvgIpc) is 2.58. The zero-order valence-electron chi connectivity index (χ0n) is 7.46. The van der Waals surface area contributed by atoms with Crippen LogP contribution in [0.5, 0.6) is 5.75 Å². The third-order valence-electron chi connectivity index (χ3n) is 1.39. The van der Waals surface area contributed by atoms with Gasteiger partial charge >= 0.3 is 0 Å². The summed E-state index contributed by atoms with van der Waals surface area (Å²) in [6.45, 7) is 0. The molecule has 0 aliphatic carbocycles. The van der Waals surface area contributed by atoms with Crippen LogP contribution in [0.15, 0.2) is 49.1 Å². The number of imidazole rings is 1. The molecule has 3 heteroatoms. The number of benzene rings is 1. The molecule has 2 aromatic rings. The van der Waals surface area contributed by atoms with Crippen molar-refractivity contribution < 1.29 is 5.11 Å². The van der Waals surface area contributed by atoms with Crippen molar-refractivity contribution in [1.29, 1.82) is 0 Å². The fourth-order valence-electron chi connectivity index (χ4n) is 0.754. The average molecular weight is 176 g/mol. The van der Waals surface area contributed by atoms with E-state index < -0.39 is 0 Å². The highest BCUT2D eigenvalue weighted by Crippen LogP contribution is 2.02. The van der Waals surface area contributed by atoms with E-state index in [9.17, 15) is 0 Å². The Bertz CT molecular complexity index is 316. The van der Waals surface area contributed by atoms with Gasteiger partial charge in [0.1, 0.15) is 5.75 Å². The Labute approximate surface area is 77.3 Å². The lowest BCUT2D eigenvalue weighted by Gasteiger charge is -1.82. The summed E-state index contributed by atoms with van der Waals surface area (Å²) in [5, 5.41) is 8.63. The normalized spacial score (nSPS) is 8.69. The second-order valence-electron chi connectivity index (χ2n) is 2.56. The quantitative estimate of drug-likeness (QED) is 0.664. The lowest BCUT2D eigenvalue weighted by atomic mass is 10.3. The first-order chi connectivity index (χ1) is 6.29.